The van der Waals surface area contributed by atoms with Crippen LogP contribution in [0.3, 0.4) is 0 Å². The van der Waals surface area contributed by atoms with Crippen LogP contribution in [0.2, 0.25) is 0 Å². The van der Waals surface area contributed by atoms with Crippen LogP contribution in [0.15, 0.2) is 18.2 Å². The average Bonchev–Trinajstić information content (AvgIpc) is 2.98. The highest BCUT2D eigenvalue weighted by Crippen LogP contribution is 2.27. The molecule has 3 heteroatoms. The first kappa shape index (κ1) is 15.6. The zero-order chi connectivity index (χ0) is 15.2. The molecular formula is C18H23NO2. The molecule has 1 aliphatic carbocycles. The minimum absolute atomic E-state index is 0.0369. The van der Waals surface area contributed by atoms with Crippen molar-refractivity contribution >= 4 is 5.91 Å². The summed E-state index contributed by atoms with van der Waals surface area (Å²) in [5.74, 6) is 6.04. The van der Waals surface area contributed by atoms with Crippen molar-refractivity contribution in [3.63, 3.8) is 0 Å². The Morgan fingerprint density at radius 3 is 2.76 bits per heavy atom. The van der Waals surface area contributed by atoms with Crippen LogP contribution in [-0.2, 0) is 0 Å². The number of rotatable bonds is 3. The third-order valence-electron chi connectivity index (χ3n) is 4.12. The van der Waals surface area contributed by atoms with E-state index in [9.17, 15) is 4.79 Å². The lowest BCUT2D eigenvalue weighted by molar-refractivity contribution is 0.0927. The number of nitrogens with one attached hydrogen (secondary N) is 1. The molecule has 0 bridgehead atoms. The molecule has 0 heterocycles. The summed E-state index contributed by atoms with van der Waals surface area (Å²) in [6, 6.07) is 5.79. The Bertz CT molecular complexity index is 562. The van der Waals surface area contributed by atoms with Gasteiger partial charge in [0.25, 0.3) is 5.91 Å². The molecule has 1 atom stereocenters. The molecule has 0 aromatic heterocycles. The Balaban J connectivity index is 2.09. The Morgan fingerprint density at radius 2 is 2.10 bits per heavy atom. The number of aliphatic hydroxyl groups is 1. The van der Waals surface area contributed by atoms with E-state index in [1.54, 1.807) is 6.07 Å². The molecule has 21 heavy (non-hydrogen) atoms. The maximum Gasteiger partial charge on any atom is 0.251 e. The van der Waals surface area contributed by atoms with Crippen molar-refractivity contribution < 1.29 is 9.90 Å². The molecule has 1 unspecified atom stereocenters. The zero-order valence-corrected chi connectivity index (χ0v) is 12.8. The second-order valence-corrected chi connectivity index (χ2v) is 5.85. The third-order valence-corrected chi connectivity index (χ3v) is 4.12. The van der Waals surface area contributed by atoms with Crippen LogP contribution >= 0.6 is 0 Å². The lowest BCUT2D eigenvalue weighted by atomic mass is 9.99. The van der Waals surface area contributed by atoms with Gasteiger partial charge in [-0.05, 0) is 56.4 Å². The number of carbonyl (C=O) groups is 1. The summed E-state index contributed by atoms with van der Waals surface area (Å²) < 4.78 is 0. The van der Waals surface area contributed by atoms with Gasteiger partial charge in [-0.1, -0.05) is 24.7 Å². The number of aryl methyl sites for hydroxylation is 1. The maximum atomic E-state index is 12.4. The molecular weight excluding hydrogens is 262 g/mol. The smallest absolute Gasteiger partial charge is 0.251 e. The number of amides is 1. The first-order chi connectivity index (χ1) is 10.1. The first-order valence-corrected chi connectivity index (χ1v) is 7.62. The van der Waals surface area contributed by atoms with E-state index in [4.69, 9.17) is 5.11 Å². The van der Waals surface area contributed by atoms with E-state index in [1.807, 2.05) is 19.1 Å². The van der Waals surface area contributed by atoms with Gasteiger partial charge in [0.2, 0.25) is 0 Å². The van der Waals surface area contributed by atoms with Crippen LogP contribution in [0.1, 0.15) is 54.1 Å². The Kier molecular flexibility index (Phi) is 5.41. The molecule has 1 amide bonds. The number of carbonyl (C=O) groups excluding carboxylic acids is 1. The lowest BCUT2D eigenvalue weighted by Crippen LogP contribution is -2.37. The average molecular weight is 285 g/mol. The molecule has 0 saturated heterocycles. The summed E-state index contributed by atoms with van der Waals surface area (Å²) in [5.41, 5.74) is 2.41. The Labute approximate surface area is 126 Å². The number of benzene rings is 1. The second kappa shape index (κ2) is 7.28. The van der Waals surface area contributed by atoms with E-state index in [1.165, 1.54) is 25.7 Å². The van der Waals surface area contributed by atoms with E-state index < -0.39 is 0 Å². The van der Waals surface area contributed by atoms with Gasteiger partial charge in [0.05, 0.1) is 0 Å². The molecule has 3 nitrogen and oxygen atoms in total. The standard InChI is InChI=1S/C18H23NO2/c1-13-10-15(6-5-9-20)12-17(11-13)18(21)19-14(2)16-7-3-4-8-16/h10-12,14,16,20H,3-4,7-9H2,1-2H3,(H,19,21). The van der Waals surface area contributed by atoms with Gasteiger partial charge in [-0.15, -0.1) is 0 Å². The summed E-state index contributed by atoms with van der Waals surface area (Å²) in [7, 11) is 0. The van der Waals surface area contributed by atoms with Crippen molar-refractivity contribution in [2.45, 2.75) is 45.6 Å². The van der Waals surface area contributed by atoms with Crippen molar-refractivity contribution in [2.24, 2.45) is 5.92 Å². The van der Waals surface area contributed by atoms with Crippen LogP contribution in [0.25, 0.3) is 0 Å². The van der Waals surface area contributed by atoms with Gasteiger partial charge in [-0.2, -0.15) is 0 Å². The first-order valence-electron chi connectivity index (χ1n) is 7.62. The van der Waals surface area contributed by atoms with Gasteiger partial charge in [0.15, 0.2) is 0 Å². The largest absolute Gasteiger partial charge is 0.384 e. The molecule has 0 spiro atoms. The fourth-order valence-electron chi connectivity index (χ4n) is 2.99. The summed E-state index contributed by atoms with van der Waals surface area (Å²) in [4.78, 5) is 12.4. The summed E-state index contributed by atoms with van der Waals surface area (Å²) >= 11 is 0. The van der Waals surface area contributed by atoms with Crippen LogP contribution in [0.4, 0.5) is 0 Å². The zero-order valence-electron chi connectivity index (χ0n) is 12.8. The molecule has 1 aliphatic rings. The summed E-state index contributed by atoms with van der Waals surface area (Å²) in [6.45, 7) is 3.87. The molecule has 1 aromatic rings. The molecule has 1 saturated carbocycles. The SMILES string of the molecule is Cc1cc(C#CCO)cc(C(=O)NC(C)C2CCCC2)c1. The Hall–Kier alpha value is -1.79. The third kappa shape index (κ3) is 4.34. The highest BCUT2D eigenvalue weighted by atomic mass is 16.2. The minimum atomic E-state index is -0.172. The van der Waals surface area contributed by atoms with Crippen LogP contribution in [-0.4, -0.2) is 23.7 Å². The van der Waals surface area contributed by atoms with Crippen LogP contribution in [0, 0.1) is 24.7 Å². The van der Waals surface area contributed by atoms with Crippen LogP contribution < -0.4 is 5.32 Å². The second-order valence-electron chi connectivity index (χ2n) is 5.85. The molecule has 1 aromatic carbocycles. The predicted molar refractivity (Wildman–Crippen MR) is 84.0 cm³/mol. The topological polar surface area (TPSA) is 49.3 Å². The monoisotopic (exact) mass is 285 g/mol. The summed E-state index contributed by atoms with van der Waals surface area (Å²) in [5, 5.41) is 11.9. The van der Waals surface area contributed by atoms with Crippen molar-refractivity contribution in [3.8, 4) is 11.8 Å². The molecule has 1 fully saturated rings. The number of hydrogen-bond donors (Lipinski definition) is 2. The fraction of sp³-hybridized carbons (Fsp3) is 0.500. The Morgan fingerprint density at radius 1 is 1.38 bits per heavy atom. The van der Waals surface area contributed by atoms with Crippen molar-refractivity contribution in [1.82, 2.24) is 5.32 Å². The fourth-order valence-corrected chi connectivity index (χ4v) is 2.99. The normalized spacial score (nSPS) is 16.1. The lowest BCUT2D eigenvalue weighted by Gasteiger charge is -2.20. The van der Waals surface area contributed by atoms with Gasteiger partial charge in [0.1, 0.15) is 6.61 Å². The van der Waals surface area contributed by atoms with Gasteiger partial charge >= 0.3 is 0 Å². The molecule has 0 radical (unpaired) electrons. The predicted octanol–water partition coefficient (Wildman–Crippen LogP) is 2.65. The van der Waals surface area contributed by atoms with Crippen molar-refractivity contribution in [3.05, 3.63) is 34.9 Å². The van der Waals surface area contributed by atoms with Gasteiger partial charge in [-0.3, -0.25) is 4.79 Å². The van der Waals surface area contributed by atoms with E-state index in [0.29, 0.717) is 11.5 Å². The van der Waals surface area contributed by atoms with E-state index in [2.05, 4.69) is 24.1 Å². The molecule has 112 valence electrons. The molecule has 0 aliphatic heterocycles. The van der Waals surface area contributed by atoms with Crippen LogP contribution in [0.5, 0.6) is 0 Å². The number of aliphatic hydroxyl groups excluding tert-OH is 1. The number of hydrogen-bond acceptors (Lipinski definition) is 2. The van der Waals surface area contributed by atoms with Crippen molar-refractivity contribution in [2.75, 3.05) is 6.61 Å². The van der Waals surface area contributed by atoms with E-state index >= 15 is 0 Å². The highest BCUT2D eigenvalue weighted by molar-refractivity contribution is 5.95. The maximum absolute atomic E-state index is 12.4. The minimum Gasteiger partial charge on any atom is -0.384 e. The molecule has 2 rings (SSSR count). The summed E-state index contributed by atoms with van der Waals surface area (Å²) in [6.07, 6.45) is 4.97. The van der Waals surface area contributed by atoms with Crippen molar-refractivity contribution in [1.29, 1.82) is 0 Å². The van der Waals surface area contributed by atoms with Gasteiger partial charge in [0, 0.05) is 17.2 Å². The van der Waals surface area contributed by atoms with E-state index in [0.717, 1.165) is 11.1 Å². The van der Waals surface area contributed by atoms with Gasteiger partial charge in [-0.25, -0.2) is 0 Å². The highest BCUT2D eigenvalue weighted by Gasteiger charge is 2.23. The van der Waals surface area contributed by atoms with E-state index in [-0.39, 0.29) is 18.6 Å². The van der Waals surface area contributed by atoms with Gasteiger partial charge < -0.3 is 10.4 Å². The quantitative estimate of drug-likeness (QED) is 0.839. The molecule has 2 N–H and O–H groups in total.